The minimum absolute atomic E-state index is 0.0294. The van der Waals surface area contributed by atoms with Gasteiger partial charge in [0.05, 0.1) is 23.3 Å². The number of benzene rings is 1. The van der Waals surface area contributed by atoms with Crippen LogP contribution in [-0.2, 0) is 14.8 Å². The van der Waals surface area contributed by atoms with E-state index < -0.39 is 15.8 Å². The summed E-state index contributed by atoms with van der Waals surface area (Å²) in [6.07, 6.45) is 4.83. The average Bonchev–Trinajstić information content (AvgIpc) is 3.16. The molecule has 1 saturated heterocycles. The quantitative estimate of drug-likeness (QED) is 0.804. The molecular weight excluding hydrogens is 361 g/mol. The van der Waals surface area contributed by atoms with Gasteiger partial charge >= 0.3 is 0 Å². The van der Waals surface area contributed by atoms with Crippen molar-refractivity contribution >= 4 is 15.9 Å². The van der Waals surface area contributed by atoms with Crippen molar-refractivity contribution < 1.29 is 17.6 Å². The number of sulfonamides is 1. The van der Waals surface area contributed by atoms with E-state index in [9.17, 15) is 17.6 Å². The van der Waals surface area contributed by atoms with Crippen molar-refractivity contribution in [3.63, 3.8) is 0 Å². The molecule has 1 amide bonds. The Kier molecular flexibility index (Phi) is 5.62. The Hall–Kier alpha value is -2.33. The predicted octanol–water partition coefficient (Wildman–Crippen LogP) is 0.949. The zero-order valence-corrected chi connectivity index (χ0v) is 14.9. The number of piperidine rings is 1. The van der Waals surface area contributed by atoms with E-state index in [-0.39, 0.29) is 29.8 Å². The monoisotopic (exact) mass is 381 g/mol. The van der Waals surface area contributed by atoms with Crippen LogP contribution in [0.2, 0.25) is 0 Å². The Balaban J connectivity index is 1.46. The van der Waals surface area contributed by atoms with E-state index in [0.717, 1.165) is 18.9 Å². The number of nitrogens with zero attached hydrogens (tertiary/aromatic N) is 4. The number of hydrogen-bond donors (Lipinski definition) is 1. The second-order valence-electron chi connectivity index (χ2n) is 6.07. The number of carbonyl (C=O) groups excluding carboxylic acids is 1. The summed E-state index contributed by atoms with van der Waals surface area (Å²) in [6, 6.07) is 4.93. The van der Waals surface area contributed by atoms with Crippen molar-refractivity contribution in [1.82, 2.24) is 24.6 Å². The van der Waals surface area contributed by atoms with Crippen molar-refractivity contribution in [2.45, 2.75) is 30.2 Å². The smallest absolute Gasteiger partial charge is 0.240 e. The fraction of sp³-hybridized carbons (Fsp3) is 0.438. The molecule has 0 spiro atoms. The Morgan fingerprint density at radius 3 is 2.58 bits per heavy atom. The Bertz CT molecular complexity index is 849. The molecule has 1 aliphatic heterocycles. The molecule has 3 rings (SSSR count). The number of rotatable bonds is 6. The maximum absolute atomic E-state index is 13.2. The first-order chi connectivity index (χ1) is 12.5. The van der Waals surface area contributed by atoms with Crippen molar-refractivity contribution in [2.24, 2.45) is 0 Å². The molecule has 0 bridgehead atoms. The number of amides is 1. The van der Waals surface area contributed by atoms with Gasteiger partial charge in [-0.2, -0.15) is 15.0 Å². The van der Waals surface area contributed by atoms with Crippen LogP contribution in [0.1, 0.15) is 25.3 Å². The van der Waals surface area contributed by atoms with E-state index in [1.54, 1.807) is 22.1 Å². The lowest BCUT2D eigenvalue weighted by atomic mass is 10.1. The zero-order valence-electron chi connectivity index (χ0n) is 14.1. The van der Waals surface area contributed by atoms with Crippen LogP contribution in [0.3, 0.4) is 0 Å². The molecule has 8 nitrogen and oxygen atoms in total. The van der Waals surface area contributed by atoms with Crippen LogP contribution in [0.15, 0.2) is 41.6 Å². The fourth-order valence-corrected chi connectivity index (χ4v) is 3.99. The summed E-state index contributed by atoms with van der Waals surface area (Å²) in [5.74, 6) is -0.739. The minimum Gasteiger partial charge on any atom is -0.342 e. The molecule has 1 aromatic heterocycles. The molecule has 0 saturated carbocycles. The maximum Gasteiger partial charge on any atom is 0.240 e. The number of halogens is 1. The average molecular weight is 381 g/mol. The van der Waals surface area contributed by atoms with Gasteiger partial charge in [-0.3, -0.25) is 4.79 Å². The van der Waals surface area contributed by atoms with E-state index >= 15 is 0 Å². The van der Waals surface area contributed by atoms with Gasteiger partial charge < -0.3 is 4.90 Å². The summed E-state index contributed by atoms with van der Waals surface area (Å²) in [5, 5.41) is 8.24. The Labute approximate surface area is 151 Å². The third kappa shape index (κ3) is 4.44. The molecule has 0 aliphatic carbocycles. The van der Waals surface area contributed by atoms with Crippen LogP contribution < -0.4 is 4.72 Å². The normalized spacial score (nSPS) is 16.0. The Morgan fingerprint density at radius 2 is 1.92 bits per heavy atom. The standard InChI is InChI=1S/C16H20FN5O3S/c17-13-2-1-3-15(12-13)26(24,25)20-7-4-16(23)21-10-5-14(6-11-21)22-18-8-9-19-22/h1-3,8-9,12,14,20H,4-7,10-11H2. The summed E-state index contributed by atoms with van der Waals surface area (Å²) in [6.45, 7) is 1.14. The van der Waals surface area contributed by atoms with Crippen LogP contribution in [0.25, 0.3) is 0 Å². The number of nitrogens with one attached hydrogen (secondary N) is 1. The topological polar surface area (TPSA) is 97.2 Å². The third-order valence-corrected chi connectivity index (χ3v) is 5.78. The molecule has 140 valence electrons. The molecule has 0 radical (unpaired) electrons. The van der Waals surface area contributed by atoms with E-state index in [4.69, 9.17) is 0 Å². The molecular formula is C16H20FN5O3S. The number of carbonyl (C=O) groups is 1. The lowest BCUT2D eigenvalue weighted by molar-refractivity contribution is -0.132. The lowest BCUT2D eigenvalue weighted by Crippen LogP contribution is -2.40. The third-order valence-electron chi connectivity index (χ3n) is 4.32. The molecule has 2 heterocycles. The lowest BCUT2D eigenvalue weighted by Gasteiger charge is -2.31. The summed E-state index contributed by atoms with van der Waals surface area (Å²) >= 11 is 0. The van der Waals surface area contributed by atoms with Gasteiger partial charge in [-0.15, -0.1) is 0 Å². The molecule has 10 heteroatoms. The van der Waals surface area contributed by atoms with Crippen LogP contribution >= 0.6 is 0 Å². The fourth-order valence-electron chi connectivity index (χ4n) is 2.93. The molecule has 1 aromatic carbocycles. The number of aromatic nitrogens is 3. The van der Waals surface area contributed by atoms with Gasteiger partial charge in [-0.1, -0.05) is 6.07 Å². The molecule has 1 N–H and O–H groups in total. The van der Waals surface area contributed by atoms with E-state index in [1.165, 1.54) is 18.2 Å². The van der Waals surface area contributed by atoms with Gasteiger partial charge in [-0.25, -0.2) is 17.5 Å². The second-order valence-corrected chi connectivity index (χ2v) is 7.83. The molecule has 2 aromatic rings. The summed E-state index contributed by atoms with van der Waals surface area (Å²) in [4.78, 5) is 15.5. The summed E-state index contributed by atoms with van der Waals surface area (Å²) < 4.78 is 39.7. The molecule has 1 fully saturated rings. The molecule has 0 unspecified atom stereocenters. The van der Waals surface area contributed by atoms with Gasteiger partial charge in [0.2, 0.25) is 15.9 Å². The first kappa shape index (κ1) is 18.5. The number of likely N-dealkylation sites (tertiary alicyclic amines) is 1. The zero-order chi connectivity index (χ0) is 18.6. The highest BCUT2D eigenvalue weighted by molar-refractivity contribution is 7.89. The van der Waals surface area contributed by atoms with Gasteiger partial charge in [0.15, 0.2) is 0 Å². The number of hydrogen-bond acceptors (Lipinski definition) is 5. The maximum atomic E-state index is 13.2. The van der Waals surface area contributed by atoms with Crippen molar-refractivity contribution in [3.8, 4) is 0 Å². The van der Waals surface area contributed by atoms with Gasteiger partial charge in [0, 0.05) is 26.1 Å². The van der Waals surface area contributed by atoms with Crippen LogP contribution in [-0.4, -0.2) is 53.9 Å². The highest BCUT2D eigenvalue weighted by Crippen LogP contribution is 2.21. The van der Waals surface area contributed by atoms with Crippen molar-refractivity contribution in [1.29, 1.82) is 0 Å². The van der Waals surface area contributed by atoms with Crippen molar-refractivity contribution in [3.05, 3.63) is 42.5 Å². The molecule has 26 heavy (non-hydrogen) atoms. The molecule has 0 atom stereocenters. The van der Waals surface area contributed by atoms with Crippen molar-refractivity contribution in [2.75, 3.05) is 19.6 Å². The largest absolute Gasteiger partial charge is 0.342 e. The molecule has 1 aliphatic rings. The minimum atomic E-state index is -3.83. The highest BCUT2D eigenvalue weighted by atomic mass is 32.2. The van der Waals surface area contributed by atoms with Crippen LogP contribution in [0.5, 0.6) is 0 Å². The SMILES string of the molecule is O=C(CCNS(=O)(=O)c1cccc(F)c1)N1CCC(n2nccn2)CC1. The highest BCUT2D eigenvalue weighted by Gasteiger charge is 2.24. The first-order valence-corrected chi connectivity index (χ1v) is 9.83. The second kappa shape index (κ2) is 7.92. The first-order valence-electron chi connectivity index (χ1n) is 8.34. The predicted molar refractivity (Wildman–Crippen MR) is 91.1 cm³/mol. The van der Waals surface area contributed by atoms with E-state index in [0.29, 0.717) is 13.1 Å². The van der Waals surface area contributed by atoms with Gasteiger partial charge in [-0.05, 0) is 31.0 Å². The van der Waals surface area contributed by atoms with Gasteiger partial charge in [0.1, 0.15) is 5.82 Å². The van der Waals surface area contributed by atoms with Crippen LogP contribution in [0, 0.1) is 5.82 Å². The van der Waals surface area contributed by atoms with E-state index in [1.807, 2.05) is 0 Å². The Morgan fingerprint density at radius 1 is 1.23 bits per heavy atom. The summed E-state index contributed by atoms with van der Waals surface area (Å²) in [7, 11) is -3.83. The van der Waals surface area contributed by atoms with Crippen LogP contribution in [0.4, 0.5) is 4.39 Å². The summed E-state index contributed by atoms with van der Waals surface area (Å²) in [5.41, 5.74) is 0. The van der Waals surface area contributed by atoms with E-state index in [2.05, 4.69) is 14.9 Å². The van der Waals surface area contributed by atoms with Gasteiger partial charge in [0.25, 0.3) is 0 Å².